The van der Waals surface area contributed by atoms with Crippen LogP contribution in [0.15, 0.2) is 36.5 Å². The molecule has 0 aliphatic rings. The molecule has 0 radical (unpaired) electrons. The molecule has 1 aromatic carbocycles. The van der Waals surface area contributed by atoms with Crippen LogP contribution in [0.3, 0.4) is 0 Å². The summed E-state index contributed by atoms with van der Waals surface area (Å²) < 4.78 is 18.5. The number of nitrogens with zero attached hydrogens (tertiary/aromatic N) is 1. The standard InChI is InChI=1S/C13H13FN2O/c1-9-6-10(14)2-5-13(9)17-12-4-3-11(7-15)16-8-12/h2-6,8H,7,15H2,1H3. The molecule has 4 heteroatoms. The first-order chi connectivity index (χ1) is 8.19. The summed E-state index contributed by atoms with van der Waals surface area (Å²) in [5.74, 6) is 0.956. The highest BCUT2D eigenvalue weighted by molar-refractivity contribution is 5.36. The van der Waals surface area contributed by atoms with Gasteiger partial charge in [0.15, 0.2) is 0 Å². The molecule has 17 heavy (non-hydrogen) atoms. The highest BCUT2D eigenvalue weighted by atomic mass is 19.1. The molecule has 0 amide bonds. The summed E-state index contributed by atoms with van der Waals surface area (Å²) in [7, 11) is 0. The van der Waals surface area contributed by atoms with E-state index in [0.29, 0.717) is 18.0 Å². The summed E-state index contributed by atoms with van der Waals surface area (Å²) >= 11 is 0. The van der Waals surface area contributed by atoms with E-state index >= 15 is 0 Å². The quantitative estimate of drug-likeness (QED) is 0.885. The van der Waals surface area contributed by atoms with Gasteiger partial charge in [-0.2, -0.15) is 0 Å². The van der Waals surface area contributed by atoms with Crippen LogP contribution in [0.1, 0.15) is 11.3 Å². The maximum Gasteiger partial charge on any atom is 0.145 e. The zero-order chi connectivity index (χ0) is 12.3. The number of pyridine rings is 1. The predicted octanol–water partition coefficient (Wildman–Crippen LogP) is 2.78. The maximum atomic E-state index is 12.9. The van der Waals surface area contributed by atoms with Crippen molar-refractivity contribution in [2.75, 3.05) is 0 Å². The van der Waals surface area contributed by atoms with Gasteiger partial charge in [0.25, 0.3) is 0 Å². The third kappa shape index (κ3) is 2.79. The molecular formula is C13H13FN2O. The van der Waals surface area contributed by atoms with Crippen molar-refractivity contribution >= 4 is 0 Å². The molecule has 0 aliphatic carbocycles. The first kappa shape index (κ1) is 11.5. The van der Waals surface area contributed by atoms with Gasteiger partial charge in [0.05, 0.1) is 11.9 Å². The minimum Gasteiger partial charge on any atom is -0.455 e. The molecule has 0 aliphatic heterocycles. The van der Waals surface area contributed by atoms with Crippen molar-refractivity contribution in [3.63, 3.8) is 0 Å². The van der Waals surface area contributed by atoms with Crippen LogP contribution in [0.2, 0.25) is 0 Å². The van der Waals surface area contributed by atoms with Crippen LogP contribution in [0, 0.1) is 12.7 Å². The molecule has 0 saturated carbocycles. The van der Waals surface area contributed by atoms with E-state index in [2.05, 4.69) is 4.98 Å². The van der Waals surface area contributed by atoms with Gasteiger partial charge in [0.1, 0.15) is 17.3 Å². The molecule has 2 N–H and O–H groups in total. The van der Waals surface area contributed by atoms with Crippen LogP contribution in [-0.2, 0) is 6.54 Å². The zero-order valence-corrected chi connectivity index (χ0v) is 9.48. The van der Waals surface area contributed by atoms with E-state index in [1.807, 2.05) is 0 Å². The van der Waals surface area contributed by atoms with Gasteiger partial charge in [-0.15, -0.1) is 0 Å². The molecule has 2 rings (SSSR count). The Labute approximate surface area is 99.1 Å². The second-order valence-electron chi connectivity index (χ2n) is 3.70. The summed E-state index contributed by atoms with van der Waals surface area (Å²) in [6.07, 6.45) is 1.60. The molecule has 2 aromatic rings. The van der Waals surface area contributed by atoms with Crippen molar-refractivity contribution in [3.8, 4) is 11.5 Å². The minimum absolute atomic E-state index is 0.272. The average molecular weight is 232 g/mol. The van der Waals surface area contributed by atoms with Crippen LogP contribution in [0.4, 0.5) is 4.39 Å². The van der Waals surface area contributed by atoms with Crippen molar-refractivity contribution in [2.45, 2.75) is 13.5 Å². The Morgan fingerprint density at radius 3 is 2.71 bits per heavy atom. The van der Waals surface area contributed by atoms with Gasteiger partial charge in [0.2, 0.25) is 0 Å². The number of nitrogens with two attached hydrogens (primary N) is 1. The molecule has 0 unspecified atom stereocenters. The highest BCUT2D eigenvalue weighted by Crippen LogP contribution is 2.24. The molecule has 88 valence electrons. The van der Waals surface area contributed by atoms with E-state index in [-0.39, 0.29) is 5.82 Å². The van der Waals surface area contributed by atoms with Crippen LogP contribution in [0.25, 0.3) is 0 Å². The Morgan fingerprint density at radius 2 is 2.12 bits per heavy atom. The van der Waals surface area contributed by atoms with E-state index in [4.69, 9.17) is 10.5 Å². The average Bonchev–Trinajstić information content (AvgIpc) is 2.34. The number of hydrogen-bond donors (Lipinski definition) is 1. The number of ether oxygens (including phenoxy) is 1. The van der Waals surface area contributed by atoms with Gasteiger partial charge in [-0.1, -0.05) is 0 Å². The van der Waals surface area contributed by atoms with Crippen LogP contribution < -0.4 is 10.5 Å². The fourth-order valence-electron chi connectivity index (χ4n) is 1.45. The predicted molar refractivity (Wildman–Crippen MR) is 63.3 cm³/mol. The smallest absolute Gasteiger partial charge is 0.145 e. The summed E-state index contributed by atoms with van der Waals surface area (Å²) in [5, 5.41) is 0. The molecule has 0 bridgehead atoms. The number of aryl methyl sites for hydroxylation is 1. The van der Waals surface area contributed by atoms with E-state index < -0.39 is 0 Å². The maximum absolute atomic E-state index is 12.9. The highest BCUT2D eigenvalue weighted by Gasteiger charge is 2.03. The number of aromatic nitrogens is 1. The van der Waals surface area contributed by atoms with Crippen molar-refractivity contribution in [1.82, 2.24) is 4.98 Å². The largest absolute Gasteiger partial charge is 0.455 e. The molecule has 0 saturated heterocycles. The van der Waals surface area contributed by atoms with Crippen molar-refractivity contribution in [1.29, 1.82) is 0 Å². The van der Waals surface area contributed by atoms with Crippen molar-refractivity contribution < 1.29 is 9.13 Å². The fourth-order valence-corrected chi connectivity index (χ4v) is 1.45. The van der Waals surface area contributed by atoms with Gasteiger partial charge in [0, 0.05) is 6.54 Å². The van der Waals surface area contributed by atoms with Crippen molar-refractivity contribution in [2.24, 2.45) is 5.73 Å². The number of hydrogen-bond acceptors (Lipinski definition) is 3. The molecule has 0 atom stereocenters. The number of rotatable bonds is 3. The van der Waals surface area contributed by atoms with Crippen LogP contribution in [-0.4, -0.2) is 4.98 Å². The van der Waals surface area contributed by atoms with E-state index in [1.165, 1.54) is 12.1 Å². The van der Waals surface area contributed by atoms with Crippen LogP contribution >= 0.6 is 0 Å². The lowest BCUT2D eigenvalue weighted by molar-refractivity contribution is 0.474. The Balaban J connectivity index is 2.19. The first-order valence-electron chi connectivity index (χ1n) is 5.28. The van der Waals surface area contributed by atoms with Gasteiger partial charge >= 0.3 is 0 Å². The zero-order valence-electron chi connectivity index (χ0n) is 9.48. The summed E-state index contributed by atoms with van der Waals surface area (Å²) in [5.41, 5.74) is 6.99. The molecular weight excluding hydrogens is 219 g/mol. The third-order valence-electron chi connectivity index (χ3n) is 2.37. The van der Waals surface area contributed by atoms with E-state index in [0.717, 1.165) is 11.3 Å². The molecule has 1 aromatic heterocycles. The Kier molecular flexibility index (Phi) is 3.35. The summed E-state index contributed by atoms with van der Waals surface area (Å²) in [4.78, 5) is 4.12. The Morgan fingerprint density at radius 1 is 1.29 bits per heavy atom. The number of benzene rings is 1. The van der Waals surface area contributed by atoms with Gasteiger partial charge in [-0.05, 0) is 42.8 Å². The second-order valence-corrected chi connectivity index (χ2v) is 3.70. The van der Waals surface area contributed by atoms with Gasteiger partial charge < -0.3 is 10.5 Å². The van der Waals surface area contributed by atoms with Crippen molar-refractivity contribution in [3.05, 3.63) is 53.6 Å². The van der Waals surface area contributed by atoms with Gasteiger partial charge in [-0.25, -0.2) is 4.39 Å². The van der Waals surface area contributed by atoms with Gasteiger partial charge in [-0.3, -0.25) is 4.98 Å². The second kappa shape index (κ2) is 4.93. The summed E-state index contributed by atoms with van der Waals surface area (Å²) in [6.45, 7) is 2.19. The normalized spacial score (nSPS) is 10.3. The van der Waals surface area contributed by atoms with E-state index in [1.54, 1.807) is 31.3 Å². The first-order valence-corrected chi connectivity index (χ1v) is 5.28. The third-order valence-corrected chi connectivity index (χ3v) is 2.37. The lowest BCUT2D eigenvalue weighted by Gasteiger charge is -2.08. The lowest BCUT2D eigenvalue weighted by atomic mass is 10.2. The SMILES string of the molecule is Cc1cc(F)ccc1Oc1ccc(CN)nc1. The lowest BCUT2D eigenvalue weighted by Crippen LogP contribution is -1.99. The monoisotopic (exact) mass is 232 g/mol. The molecule has 1 heterocycles. The van der Waals surface area contributed by atoms with E-state index in [9.17, 15) is 4.39 Å². The Bertz CT molecular complexity index is 511. The summed E-state index contributed by atoms with van der Waals surface area (Å²) in [6, 6.07) is 7.98. The van der Waals surface area contributed by atoms with Crippen LogP contribution in [0.5, 0.6) is 11.5 Å². The molecule has 0 fully saturated rings. The topological polar surface area (TPSA) is 48.1 Å². The minimum atomic E-state index is -0.272. The molecule has 3 nitrogen and oxygen atoms in total. The Hall–Kier alpha value is -1.94. The number of halogens is 1. The fraction of sp³-hybridized carbons (Fsp3) is 0.154. The molecule has 0 spiro atoms.